The molecule has 0 aromatic heterocycles. The number of hydrogen-bond donors (Lipinski definition) is 2. The summed E-state index contributed by atoms with van der Waals surface area (Å²) in [5.74, 6) is -1.39. The van der Waals surface area contributed by atoms with Gasteiger partial charge in [0.25, 0.3) is 0 Å². The minimum absolute atomic E-state index is 0.0858. The Labute approximate surface area is 233 Å². The molecule has 3 aromatic carbocycles. The van der Waals surface area contributed by atoms with Crippen molar-refractivity contribution in [3.8, 4) is 0 Å². The second-order valence-corrected chi connectivity index (χ2v) is 11.6. The lowest BCUT2D eigenvalue weighted by atomic mass is 9.63. The van der Waals surface area contributed by atoms with Gasteiger partial charge in [0.15, 0.2) is 0 Å². The Morgan fingerprint density at radius 1 is 0.947 bits per heavy atom. The van der Waals surface area contributed by atoms with Gasteiger partial charge in [0.05, 0.1) is 6.54 Å². The lowest BCUT2D eigenvalue weighted by Gasteiger charge is -2.50. The largest absolute Gasteiger partial charge is 0.465 e. The monoisotopic (exact) mass is 554 g/mol. The summed E-state index contributed by atoms with van der Waals surface area (Å²) < 4.78 is 0. The number of carboxylic acid groups (broad SMARTS) is 1. The van der Waals surface area contributed by atoms with Crippen LogP contribution < -0.4 is 0 Å². The predicted molar refractivity (Wildman–Crippen MR) is 149 cm³/mol. The highest BCUT2D eigenvalue weighted by atomic mass is 35.5. The minimum atomic E-state index is -1.84. The smallest absolute Gasteiger partial charge is 0.415 e. The molecule has 1 aliphatic heterocycles. The molecule has 0 aliphatic carbocycles. The van der Waals surface area contributed by atoms with Crippen molar-refractivity contribution in [2.45, 2.75) is 39.0 Å². The Morgan fingerprint density at radius 2 is 1.50 bits per heavy atom. The average molecular weight is 556 g/mol. The lowest BCUT2D eigenvalue weighted by molar-refractivity contribution is -0.131. The molecule has 2 amide bonds. The standard InChI is InChI=1S/C30H32Cl2N2O4/c1-29(2,3)26(30(38,21-13-8-5-9-14-21)25-22(31)15-10-16-23(25)32)27-33(19-24(35)34(27)28(36)37)18-17-20-11-6-4-7-12-20/h4-16,26-27,38H,17-19H2,1-3H3,(H,36,37)/t26-,27?,30-/m0/s1. The van der Waals surface area contributed by atoms with Crippen LogP contribution in [-0.4, -0.2) is 51.3 Å². The van der Waals surface area contributed by atoms with Crippen molar-refractivity contribution in [2.75, 3.05) is 13.1 Å². The summed E-state index contributed by atoms with van der Waals surface area (Å²) in [6.45, 7) is 6.10. The van der Waals surface area contributed by atoms with Gasteiger partial charge in [-0.3, -0.25) is 9.69 Å². The number of carbonyl (C=O) groups excluding carboxylic acids is 1. The van der Waals surface area contributed by atoms with Gasteiger partial charge in [-0.05, 0) is 35.1 Å². The first-order valence-corrected chi connectivity index (χ1v) is 13.3. The van der Waals surface area contributed by atoms with E-state index >= 15 is 0 Å². The van der Waals surface area contributed by atoms with Crippen molar-refractivity contribution in [3.63, 3.8) is 0 Å². The number of hydrogen-bond acceptors (Lipinski definition) is 4. The highest BCUT2D eigenvalue weighted by Gasteiger charge is 2.58. The topological polar surface area (TPSA) is 81.1 Å². The number of imide groups is 1. The molecule has 1 saturated heterocycles. The van der Waals surface area contributed by atoms with Gasteiger partial charge in [0, 0.05) is 28.1 Å². The van der Waals surface area contributed by atoms with Crippen molar-refractivity contribution >= 4 is 35.2 Å². The third-order valence-corrected chi connectivity index (χ3v) is 7.85. The summed E-state index contributed by atoms with van der Waals surface area (Å²) >= 11 is 13.4. The molecule has 0 radical (unpaired) electrons. The Hall–Kier alpha value is -2.90. The molecule has 1 aliphatic rings. The van der Waals surface area contributed by atoms with E-state index in [-0.39, 0.29) is 22.2 Å². The molecule has 3 atom stereocenters. The lowest BCUT2D eigenvalue weighted by Crippen LogP contribution is -2.59. The van der Waals surface area contributed by atoms with Crippen LogP contribution in [0.5, 0.6) is 0 Å². The van der Waals surface area contributed by atoms with Crippen LogP contribution in [0.1, 0.15) is 37.5 Å². The molecule has 2 N–H and O–H groups in total. The second kappa shape index (κ2) is 11.1. The number of carbonyl (C=O) groups is 2. The fourth-order valence-electron chi connectivity index (χ4n) is 5.69. The van der Waals surface area contributed by atoms with E-state index in [2.05, 4.69) is 0 Å². The van der Waals surface area contributed by atoms with Crippen molar-refractivity contribution < 1.29 is 19.8 Å². The molecule has 38 heavy (non-hydrogen) atoms. The number of rotatable bonds is 7. The van der Waals surface area contributed by atoms with Crippen LogP contribution >= 0.6 is 23.2 Å². The molecule has 4 rings (SSSR count). The third kappa shape index (κ3) is 5.32. The highest BCUT2D eigenvalue weighted by molar-refractivity contribution is 6.36. The predicted octanol–water partition coefficient (Wildman–Crippen LogP) is 6.28. The quantitative estimate of drug-likeness (QED) is 0.359. The van der Waals surface area contributed by atoms with Gasteiger partial charge in [0.1, 0.15) is 11.8 Å². The molecule has 200 valence electrons. The molecule has 8 heteroatoms. The Bertz CT molecular complexity index is 1280. The molecule has 6 nitrogen and oxygen atoms in total. The van der Waals surface area contributed by atoms with E-state index in [1.54, 1.807) is 42.5 Å². The number of halogens is 2. The van der Waals surface area contributed by atoms with Gasteiger partial charge in [-0.1, -0.05) is 111 Å². The fourth-order valence-corrected chi connectivity index (χ4v) is 6.37. The molecule has 0 spiro atoms. The van der Waals surface area contributed by atoms with Crippen LogP contribution in [0, 0.1) is 11.3 Å². The molecular weight excluding hydrogens is 523 g/mol. The second-order valence-electron chi connectivity index (χ2n) is 10.7. The first-order chi connectivity index (χ1) is 18.0. The summed E-state index contributed by atoms with van der Waals surface area (Å²) in [6.07, 6.45) is -1.75. The average Bonchev–Trinajstić information content (AvgIpc) is 3.18. The normalized spacial score (nSPS) is 18.8. The Balaban J connectivity index is 1.94. The molecule has 0 saturated carbocycles. The Morgan fingerprint density at radius 3 is 2.03 bits per heavy atom. The SMILES string of the molecule is CC(C)(C)[C@H](C1N(CCc2ccccc2)CC(=O)N1C(=O)O)[C@](O)(c1ccccc1)c1c(Cl)cccc1Cl. The van der Waals surface area contributed by atoms with E-state index in [9.17, 15) is 19.8 Å². The van der Waals surface area contributed by atoms with Crippen LogP contribution in [-0.2, 0) is 16.8 Å². The first kappa shape index (κ1) is 28.1. The van der Waals surface area contributed by atoms with Gasteiger partial charge in [-0.15, -0.1) is 0 Å². The molecule has 1 heterocycles. The maximum atomic E-state index is 13.2. The summed E-state index contributed by atoms with van der Waals surface area (Å²) in [6, 6.07) is 23.8. The van der Waals surface area contributed by atoms with E-state index in [0.717, 1.165) is 10.5 Å². The van der Waals surface area contributed by atoms with Crippen LogP contribution in [0.4, 0.5) is 4.79 Å². The summed E-state index contributed by atoms with van der Waals surface area (Å²) in [5, 5.41) is 23.7. The summed E-state index contributed by atoms with van der Waals surface area (Å²) in [5.41, 5.74) is -0.721. The fraction of sp³-hybridized carbons (Fsp3) is 0.333. The van der Waals surface area contributed by atoms with E-state index < -0.39 is 35.1 Å². The van der Waals surface area contributed by atoms with E-state index in [4.69, 9.17) is 23.2 Å². The minimum Gasteiger partial charge on any atom is -0.465 e. The Kier molecular flexibility index (Phi) is 8.19. The summed E-state index contributed by atoms with van der Waals surface area (Å²) in [7, 11) is 0. The maximum Gasteiger partial charge on any atom is 0.415 e. The number of nitrogens with zero attached hydrogens (tertiary/aromatic N) is 2. The molecule has 1 fully saturated rings. The molecule has 0 bridgehead atoms. The van der Waals surface area contributed by atoms with Gasteiger partial charge in [0.2, 0.25) is 5.91 Å². The van der Waals surface area contributed by atoms with Gasteiger partial charge < -0.3 is 10.2 Å². The molecule has 3 aromatic rings. The van der Waals surface area contributed by atoms with Crippen molar-refractivity contribution in [3.05, 3.63) is 106 Å². The first-order valence-electron chi connectivity index (χ1n) is 12.5. The molecular formula is C30H32Cl2N2O4. The maximum absolute atomic E-state index is 13.2. The van der Waals surface area contributed by atoms with Gasteiger partial charge in [-0.2, -0.15) is 0 Å². The van der Waals surface area contributed by atoms with E-state index in [1.807, 2.05) is 62.1 Å². The zero-order valence-corrected chi connectivity index (χ0v) is 23.2. The summed E-state index contributed by atoms with van der Waals surface area (Å²) in [4.78, 5) is 28.4. The van der Waals surface area contributed by atoms with Crippen LogP contribution in [0.25, 0.3) is 0 Å². The zero-order chi connectivity index (χ0) is 27.7. The van der Waals surface area contributed by atoms with Crippen LogP contribution in [0.3, 0.4) is 0 Å². The number of aliphatic hydroxyl groups is 1. The third-order valence-electron chi connectivity index (χ3n) is 7.22. The number of benzene rings is 3. The van der Waals surface area contributed by atoms with Crippen LogP contribution in [0.15, 0.2) is 78.9 Å². The van der Waals surface area contributed by atoms with Gasteiger partial charge in [-0.25, -0.2) is 9.69 Å². The highest BCUT2D eigenvalue weighted by Crippen LogP contribution is 2.53. The van der Waals surface area contributed by atoms with Crippen molar-refractivity contribution in [1.82, 2.24) is 9.80 Å². The van der Waals surface area contributed by atoms with Gasteiger partial charge >= 0.3 is 6.09 Å². The number of amides is 2. The van der Waals surface area contributed by atoms with Crippen LogP contribution in [0.2, 0.25) is 10.0 Å². The van der Waals surface area contributed by atoms with E-state index in [0.29, 0.717) is 18.5 Å². The van der Waals surface area contributed by atoms with Crippen molar-refractivity contribution in [2.24, 2.45) is 11.3 Å². The zero-order valence-electron chi connectivity index (χ0n) is 21.6. The molecule has 1 unspecified atom stereocenters. The van der Waals surface area contributed by atoms with Crippen molar-refractivity contribution in [1.29, 1.82) is 0 Å². The van der Waals surface area contributed by atoms with E-state index in [1.165, 1.54) is 0 Å².